The normalized spacial score (nSPS) is 16.7. The summed E-state index contributed by atoms with van der Waals surface area (Å²) in [6.07, 6.45) is 1.92. The molecule has 0 bridgehead atoms. The number of nitrogens with one attached hydrogen (secondary N) is 1. The molecule has 0 aromatic carbocycles. The highest BCUT2D eigenvalue weighted by Crippen LogP contribution is 2.41. The van der Waals surface area contributed by atoms with Crippen LogP contribution in [0.5, 0.6) is 0 Å². The number of Topliss-reactive ketones (excluding diaryl/α,β-unsaturated/α-hetero) is 1. The molecule has 1 N–H and O–H groups in total. The highest BCUT2D eigenvalue weighted by atomic mass is 16.6. The molecular weight excluding hydrogens is 360 g/mol. The van der Waals surface area contributed by atoms with E-state index in [0.717, 1.165) is 5.01 Å². The molecule has 0 fully saturated rings. The highest BCUT2D eigenvalue weighted by Gasteiger charge is 2.44. The molecule has 2 amide bonds. The van der Waals surface area contributed by atoms with Crippen LogP contribution in [0.4, 0.5) is 9.59 Å². The van der Waals surface area contributed by atoms with Gasteiger partial charge >= 0.3 is 12.2 Å². The predicted molar refractivity (Wildman–Crippen MR) is 108 cm³/mol. The van der Waals surface area contributed by atoms with Crippen molar-refractivity contribution in [3.63, 3.8) is 0 Å². The van der Waals surface area contributed by atoms with E-state index < -0.39 is 28.6 Å². The second-order valence-electron chi connectivity index (χ2n) is 9.04. The maximum absolute atomic E-state index is 13.2. The van der Waals surface area contributed by atoms with Gasteiger partial charge in [0.1, 0.15) is 5.54 Å². The van der Waals surface area contributed by atoms with Crippen LogP contribution in [0.3, 0.4) is 0 Å². The first kappa shape index (κ1) is 23.7. The largest absolute Gasteiger partial charge is 0.449 e. The lowest BCUT2D eigenvalue weighted by molar-refractivity contribution is -0.114. The van der Waals surface area contributed by atoms with Crippen LogP contribution >= 0.6 is 0 Å². The number of ketones is 1. The Kier molecular flexibility index (Phi) is 7.09. The second kappa shape index (κ2) is 8.37. The summed E-state index contributed by atoms with van der Waals surface area (Å²) >= 11 is 0. The first-order valence-electron chi connectivity index (χ1n) is 9.59. The fraction of sp³-hybridized carbons (Fsp3) is 0.667. The van der Waals surface area contributed by atoms with E-state index in [0.29, 0.717) is 11.1 Å². The number of amides is 2. The Hall–Kier alpha value is -2.31. The lowest BCUT2D eigenvalue weighted by Crippen LogP contribution is -2.58. The zero-order valence-corrected chi connectivity index (χ0v) is 18.6. The molecule has 0 saturated heterocycles. The number of hydrogen-bond acceptors (Lipinski definition) is 5. The molecule has 0 unspecified atom stereocenters. The maximum Gasteiger partial charge on any atom is 0.429 e. The van der Waals surface area contributed by atoms with Gasteiger partial charge in [0, 0.05) is 11.1 Å². The molecule has 1 rings (SSSR count). The minimum absolute atomic E-state index is 0.0579. The van der Waals surface area contributed by atoms with Gasteiger partial charge in [0.15, 0.2) is 5.78 Å². The van der Waals surface area contributed by atoms with Crippen molar-refractivity contribution >= 4 is 18.0 Å². The summed E-state index contributed by atoms with van der Waals surface area (Å²) in [6.45, 7) is 17.0. The monoisotopic (exact) mass is 394 g/mol. The van der Waals surface area contributed by atoms with Gasteiger partial charge in [-0.05, 0) is 43.8 Å². The SMILES string of the molecule is CCOC(=O)NN(C(=O)OCC)C1(C)C=C(C(C)(C)C)C(=O)C(C(C)(C)C)=C1. The number of carbonyl (C=O) groups is 3. The number of hydrazine groups is 1. The molecule has 1 aliphatic carbocycles. The molecule has 0 aliphatic heterocycles. The van der Waals surface area contributed by atoms with Crippen molar-refractivity contribution in [2.24, 2.45) is 10.8 Å². The number of hydrogen-bond donors (Lipinski definition) is 1. The van der Waals surface area contributed by atoms with E-state index in [9.17, 15) is 14.4 Å². The first-order valence-corrected chi connectivity index (χ1v) is 9.59. The molecule has 7 nitrogen and oxygen atoms in total. The zero-order valence-electron chi connectivity index (χ0n) is 18.6. The highest BCUT2D eigenvalue weighted by molar-refractivity contribution is 6.11. The molecule has 0 atom stereocenters. The Labute approximate surface area is 168 Å². The van der Waals surface area contributed by atoms with Gasteiger partial charge in [-0.1, -0.05) is 41.5 Å². The number of nitrogens with zero attached hydrogens (tertiary/aromatic N) is 1. The summed E-state index contributed by atoms with van der Waals surface area (Å²) in [4.78, 5) is 37.9. The van der Waals surface area contributed by atoms with Crippen LogP contribution < -0.4 is 5.43 Å². The minimum atomic E-state index is -1.11. The summed E-state index contributed by atoms with van der Waals surface area (Å²) in [6, 6.07) is 0. The van der Waals surface area contributed by atoms with Gasteiger partial charge < -0.3 is 9.47 Å². The van der Waals surface area contributed by atoms with Crippen LogP contribution in [0.1, 0.15) is 62.3 Å². The van der Waals surface area contributed by atoms with Crippen molar-refractivity contribution < 1.29 is 23.9 Å². The third-order valence-electron chi connectivity index (χ3n) is 4.39. The van der Waals surface area contributed by atoms with Crippen LogP contribution in [-0.4, -0.2) is 41.7 Å². The number of ether oxygens (including phenoxy) is 2. The van der Waals surface area contributed by atoms with Gasteiger partial charge in [-0.25, -0.2) is 20.0 Å². The third kappa shape index (κ3) is 5.36. The van der Waals surface area contributed by atoms with Gasteiger partial charge in [0.2, 0.25) is 0 Å². The summed E-state index contributed by atoms with van der Waals surface area (Å²) in [5.41, 5.74) is 1.60. The second-order valence-corrected chi connectivity index (χ2v) is 9.04. The smallest absolute Gasteiger partial charge is 0.429 e. The van der Waals surface area contributed by atoms with E-state index in [1.807, 2.05) is 41.5 Å². The molecule has 0 radical (unpaired) electrons. The predicted octanol–water partition coefficient (Wildman–Crippen LogP) is 4.39. The molecule has 0 aromatic heterocycles. The summed E-state index contributed by atoms with van der Waals surface area (Å²) in [5.74, 6) is -0.0579. The Bertz CT molecular complexity index is 659. The van der Waals surface area contributed by atoms with Crippen LogP contribution in [0.2, 0.25) is 0 Å². The molecule has 1 aliphatic rings. The van der Waals surface area contributed by atoms with Crippen LogP contribution in [0.25, 0.3) is 0 Å². The standard InChI is InChI=1S/C21H34N2O5/c1-10-27-17(25)22-23(18(26)28-11-2)21(9)12-14(19(3,4)5)16(24)15(13-21)20(6,7)8/h12-13H,10-11H2,1-9H3,(H,22,25). The van der Waals surface area contributed by atoms with Crippen molar-refractivity contribution in [3.05, 3.63) is 23.3 Å². The molecule has 0 saturated carbocycles. The Morgan fingerprint density at radius 1 is 0.964 bits per heavy atom. The van der Waals surface area contributed by atoms with Crippen LogP contribution in [0, 0.1) is 10.8 Å². The maximum atomic E-state index is 13.2. The van der Waals surface area contributed by atoms with Crippen molar-refractivity contribution in [3.8, 4) is 0 Å². The zero-order chi connectivity index (χ0) is 21.9. The third-order valence-corrected chi connectivity index (χ3v) is 4.39. The topological polar surface area (TPSA) is 84.9 Å². The van der Waals surface area contributed by atoms with Gasteiger partial charge in [-0.3, -0.25) is 4.79 Å². The average molecular weight is 395 g/mol. The molecule has 7 heteroatoms. The Morgan fingerprint density at radius 3 is 1.75 bits per heavy atom. The fourth-order valence-electron chi connectivity index (χ4n) is 2.95. The fourth-order valence-corrected chi connectivity index (χ4v) is 2.95. The van der Waals surface area contributed by atoms with Crippen LogP contribution in [0.15, 0.2) is 23.3 Å². The van der Waals surface area contributed by atoms with Gasteiger partial charge in [0.25, 0.3) is 0 Å². The lowest BCUT2D eigenvalue weighted by atomic mass is 9.69. The minimum Gasteiger partial charge on any atom is -0.449 e. The number of allylic oxidation sites excluding steroid dienone is 2. The van der Waals surface area contributed by atoms with E-state index in [-0.39, 0.29) is 19.0 Å². The van der Waals surface area contributed by atoms with Crippen molar-refractivity contribution in [1.29, 1.82) is 0 Å². The summed E-state index contributed by atoms with van der Waals surface area (Å²) in [7, 11) is 0. The molecule has 0 heterocycles. The Balaban J connectivity index is 3.61. The van der Waals surface area contributed by atoms with Gasteiger partial charge in [0.05, 0.1) is 13.2 Å². The molecule has 0 spiro atoms. The van der Waals surface area contributed by atoms with Crippen molar-refractivity contribution in [1.82, 2.24) is 10.4 Å². The van der Waals surface area contributed by atoms with E-state index >= 15 is 0 Å². The molecular formula is C21H34N2O5. The summed E-state index contributed by atoms with van der Waals surface area (Å²) in [5, 5.41) is 1.08. The van der Waals surface area contributed by atoms with Crippen LogP contribution in [-0.2, 0) is 14.3 Å². The number of carbonyl (C=O) groups excluding carboxylic acids is 3. The molecule has 0 aromatic rings. The quantitative estimate of drug-likeness (QED) is 0.718. The lowest BCUT2D eigenvalue weighted by Gasteiger charge is -2.42. The molecule has 158 valence electrons. The van der Waals surface area contributed by atoms with E-state index in [1.54, 1.807) is 32.9 Å². The average Bonchev–Trinajstić information content (AvgIpc) is 2.53. The molecule has 28 heavy (non-hydrogen) atoms. The van der Waals surface area contributed by atoms with E-state index in [2.05, 4.69) is 5.43 Å². The van der Waals surface area contributed by atoms with Crippen molar-refractivity contribution in [2.45, 2.75) is 67.9 Å². The van der Waals surface area contributed by atoms with E-state index in [4.69, 9.17) is 9.47 Å². The van der Waals surface area contributed by atoms with E-state index in [1.165, 1.54) is 0 Å². The van der Waals surface area contributed by atoms with Gasteiger partial charge in [-0.2, -0.15) is 0 Å². The first-order chi connectivity index (χ1) is 12.7. The number of rotatable bonds is 3. The Morgan fingerprint density at radius 2 is 1.39 bits per heavy atom. The summed E-state index contributed by atoms with van der Waals surface area (Å²) < 4.78 is 10.1. The van der Waals surface area contributed by atoms with Gasteiger partial charge in [-0.15, -0.1) is 0 Å². The van der Waals surface area contributed by atoms with Crippen molar-refractivity contribution in [2.75, 3.05) is 13.2 Å².